The van der Waals surface area contributed by atoms with E-state index in [1.54, 1.807) is 11.3 Å². The Morgan fingerprint density at radius 1 is 1.57 bits per heavy atom. The van der Waals surface area contributed by atoms with Gasteiger partial charge in [-0.15, -0.1) is 0 Å². The van der Waals surface area contributed by atoms with E-state index in [9.17, 15) is 0 Å². The maximum atomic E-state index is 3.40. The maximum Gasteiger partial charge on any atom is 0.0864 e. The Morgan fingerprint density at radius 2 is 2.29 bits per heavy atom. The van der Waals surface area contributed by atoms with Gasteiger partial charge in [0.05, 0.1) is 10.2 Å². The first-order valence-corrected chi connectivity index (χ1v) is 3.39. The van der Waals surface area contributed by atoms with Crippen molar-refractivity contribution in [1.29, 1.82) is 0 Å². The highest BCUT2D eigenvalue weighted by atomic mass is 32.1. The van der Waals surface area contributed by atoms with Gasteiger partial charge in [-0.05, 0) is 17.5 Å². The summed E-state index contributed by atoms with van der Waals surface area (Å²) < 4.78 is 1.21. The van der Waals surface area contributed by atoms with Crippen LogP contribution in [0.1, 0.15) is 4.88 Å². The van der Waals surface area contributed by atoms with Gasteiger partial charge in [0.15, 0.2) is 0 Å². The third-order valence-electron chi connectivity index (χ3n) is 0.740. The molecule has 0 saturated carbocycles. The Labute approximate surface area is 50.6 Å². The van der Waals surface area contributed by atoms with Gasteiger partial charge in [0, 0.05) is 4.88 Å². The van der Waals surface area contributed by atoms with Crippen LogP contribution >= 0.6 is 11.3 Å². The van der Waals surface area contributed by atoms with Gasteiger partial charge < -0.3 is 0 Å². The maximum absolute atomic E-state index is 3.40. The normalized spacial score (nSPS) is 9.43. The van der Waals surface area contributed by atoms with E-state index >= 15 is 0 Å². The first kappa shape index (κ1) is 5.06. The largest absolute Gasteiger partial charge is 0.151 e. The topological polar surface area (TPSA) is 0 Å². The number of aryl methyl sites for hydroxylation is 1. The van der Waals surface area contributed by atoms with Gasteiger partial charge in [0.1, 0.15) is 0 Å². The highest BCUT2D eigenvalue weighted by molar-refractivity contribution is 7.19. The van der Waals surface area contributed by atoms with E-state index in [0.29, 0.717) is 0 Å². The second-order valence-corrected chi connectivity index (χ2v) is 3.60. The fourth-order valence-electron chi connectivity index (χ4n) is 0.435. The second-order valence-electron chi connectivity index (χ2n) is 1.41. The average Bonchev–Trinajstić information content (AvgIpc) is 1.87. The summed E-state index contributed by atoms with van der Waals surface area (Å²) in [6, 6.07) is 4.14. The molecule has 35 valence electrons. The molecule has 0 unspecified atom stereocenters. The first-order chi connectivity index (χ1) is 3.29. The Bertz CT molecular complexity index is 140. The van der Waals surface area contributed by atoms with Gasteiger partial charge >= 0.3 is 0 Å². The van der Waals surface area contributed by atoms with Crippen molar-refractivity contribution < 1.29 is 0 Å². The third kappa shape index (κ3) is 1.14. The van der Waals surface area contributed by atoms with E-state index in [4.69, 9.17) is 0 Å². The van der Waals surface area contributed by atoms with E-state index in [1.807, 2.05) is 0 Å². The molecule has 0 nitrogen and oxygen atoms in total. The molecule has 1 aromatic heterocycles. The summed E-state index contributed by atoms with van der Waals surface area (Å²) in [4.78, 5) is 1.35. The lowest BCUT2D eigenvalue weighted by molar-refractivity contribution is 1.64. The average molecular weight is 125 g/mol. The molecule has 0 N–H and O–H groups in total. The van der Waals surface area contributed by atoms with E-state index in [-0.39, 0.29) is 0 Å². The van der Waals surface area contributed by atoms with E-state index in [2.05, 4.69) is 29.3 Å². The van der Waals surface area contributed by atoms with Crippen LogP contribution < -0.4 is 4.50 Å². The molecule has 0 saturated heterocycles. The van der Waals surface area contributed by atoms with Crippen LogP contribution in [0, 0.1) is 6.92 Å². The first-order valence-electron chi connectivity index (χ1n) is 2.07. The number of hydrogen-bond acceptors (Lipinski definition) is 1. The fourth-order valence-corrected chi connectivity index (χ4v) is 1.62. The highest BCUT2D eigenvalue weighted by Crippen LogP contribution is 2.00. The zero-order chi connectivity index (χ0) is 5.28. The zero-order valence-electron chi connectivity index (χ0n) is 4.06. The quantitative estimate of drug-likeness (QED) is 0.451. The summed E-state index contributed by atoms with van der Waals surface area (Å²) in [6.45, 7) is 2.09. The molecular formula is C5H5SSi. The molecule has 0 amide bonds. The molecule has 1 aromatic rings. The van der Waals surface area contributed by atoms with Gasteiger partial charge in [-0.3, -0.25) is 0 Å². The van der Waals surface area contributed by atoms with Gasteiger partial charge in [0.25, 0.3) is 0 Å². The van der Waals surface area contributed by atoms with Crippen molar-refractivity contribution in [3.63, 3.8) is 0 Å². The van der Waals surface area contributed by atoms with Crippen LogP contribution in [-0.2, 0) is 0 Å². The van der Waals surface area contributed by atoms with Crippen molar-refractivity contribution in [2.45, 2.75) is 6.92 Å². The molecular weight excluding hydrogens is 120 g/mol. The molecule has 7 heavy (non-hydrogen) atoms. The number of hydrogen-bond donors (Lipinski definition) is 0. The minimum atomic E-state index is 1.21. The predicted molar refractivity (Wildman–Crippen MR) is 34.4 cm³/mol. The molecule has 0 atom stereocenters. The van der Waals surface area contributed by atoms with E-state index in [1.165, 1.54) is 9.38 Å². The lowest BCUT2D eigenvalue weighted by atomic mass is 10.5. The van der Waals surface area contributed by atoms with E-state index in [0.717, 1.165) is 0 Å². The summed E-state index contributed by atoms with van der Waals surface area (Å²) in [5.74, 6) is 0. The van der Waals surface area contributed by atoms with Crippen molar-refractivity contribution in [1.82, 2.24) is 0 Å². The predicted octanol–water partition coefficient (Wildman–Crippen LogP) is 0.850. The second kappa shape index (κ2) is 1.80. The van der Waals surface area contributed by atoms with Crippen LogP contribution in [0.5, 0.6) is 0 Å². The number of rotatable bonds is 0. The number of thiophene rings is 1. The van der Waals surface area contributed by atoms with Crippen LogP contribution in [0.25, 0.3) is 0 Å². The summed E-state index contributed by atoms with van der Waals surface area (Å²) in [5.41, 5.74) is 0. The molecule has 0 spiro atoms. The van der Waals surface area contributed by atoms with Crippen LogP contribution in [0.4, 0.5) is 0 Å². The Hall–Kier alpha value is -0.0831. The minimum absolute atomic E-state index is 1.21. The molecule has 0 fully saturated rings. The van der Waals surface area contributed by atoms with Gasteiger partial charge in [0.2, 0.25) is 0 Å². The lowest BCUT2D eigenvalue weighted by Gasteiger charge is -1.71. The van der Waals surface area contributed by atoms with Gasteiger partial charge in [-0.25, -0.2) is 0 Å². The molecule has 3 radical (unpaired) electrons. The van der Waals surface area contributed by atoms with Crippen LogP contribution in [0.15, 0.2) is 12.1 Å². The molecule has 0 bridgehead atoms. The Balaban J connectivity index is 3.04. The molecule has 0 aliphatic carbocycles. The molecule has 0 aliphatic rings. The molecule has 2 heteroatoms. The summed E-state index contributed by atoms with van der Waals surface area (Å²) in [7, 11) is 3.40. The van der Waals surface area contributed by atoms with Gasteiger partial charge in [-0.1, -0.05) is 6.07 Å². The monoisotopic (exact) mass is 125 g/mol. The Morgan fingerprint density at radius 3 is 2.43 bits per heavy atom. The fraction of sp³-hybridized carbons (Fsp3) is 0.200. The molecule has 0 aromatic carbocycles. The molecule has 1 rings (SSSR count). The van der Waals surface area contributed by atoms with Crippen molar-refractivity contribution in [2.24, 2.45) is 0 Å². The molecule has 1 heterocycles. The minimum Gasteiger partial charge on any atom is -0.151 e. The summed E-state index contributed by atoms with van der Waals surface area (Å²) in [6.07, 6.45) is 0. The third-order valence-corrected chi connectivity index (χ3v) is 2.03. The van der Waals surface area contributed by atoms with Crippen molar-refractivity contribution in [3.05, 3.63) is 17.0 Å². The van der Waals surface area contributed by atoms with Crippen LogP contribution in [0.3, 0.4) is 0 Å². The van der Waals surface area contributed by atoms with Crippen LogP contribution in [-0.4, -0.2) is 10.2 Å². The smallest absolute Gasteiger partial charge is 0.0864 e. The van der Waals surface area contributed by atoms with Crippen molar-refractivity contribution in [2.75, 3.05) is 0 Å². The van der Waals surface area contributed by atoms with E-state index < -0.39 is 0 Å². The summed E-state index contributed by atoms with van der Waals surface area (Å²) >= 11 is 1.76. The lowest BCUT2D eigenvalue weighted by Crippen LogP contribution is -1.88. The van der Waals surface area contributed by atoms with Crippen LogP contribution in [0.2, 0.25) is 0 Å². The highest BCUT2D eigenvalue weighted by Gasteiger charge is 1.84. The SMILES string of the molecule is Cc1ccc([Si])s1. The zero-order valence-corrected chi connectivity index (χ0v) is 5.88. The van der Waals surface area contributed by atoms with Crippen molar-refractivity contribution >= 4 is 26.1 Å². The molecule has 0 aliphatic heterocycles. The van der Waals surface area contributed by atoms with Gasteiger partial charge in [-0.2, -0.15) is 11.3 Å². The summed E-state index contributed by atoms with van der Waals surface area (Å²) in [5, 5.41) is 0. The van der Waals surface area contributed by atoms with Crippen molar-refractivity contribution in [3.8, 4) is 0 Å². The standard InChI is InChI=1S/C5H5SSi/c1-4-2-3-5(7)6-4/h2-3H,1H3. The Kier molecular flexibility index (Phi) is 1.30.